The molecule has 2 heteroatoms. The van der Waals surface area contributed by atoms with E-state index in [1.807, 2.05) is 7.05 Å². The molecule has 0 aliphatic heterocycles. The van der Waals surface area contributed by atoms with Crippen LogP contribution >= 0.6 is 0 Å². The molecule has 0 spiro atoms. The quantitative estimate of drug-likeness (QED) is 0.696. The molecule has 0 heterocycles. The molecule has 0 radical (unpaired) electrons. The van der Waals surface area contributed by atoms with Crippen LogP contribution in [0.3, 0.4) is 0 Å². The second-order valence-electron chi connectivity index (χ2n) is 4.26. The summed E-state index contributed by atoms with van der Waals surface area (Å²) in [5.41, 5.74) is 0.323. The fourth-order valence-corrected chi connectivity index (χ4v) is 1.92. The number of ether oxygens (including phenoxy) is 1. The summed E-state index contributed by atoms with van der Waals surface area (Å²) in [5.74, 6) is 0. The minimum atomic E-state index is 0.323. The molecule has 2 nitrogen and oxygen atoms in total. The van der Waals surface area contributed by atoms with Gasteiger partial charge in [0, 0.05) is 18.1 Å². The van der Waals surface area contributed by atoms with Gasteiger partial charge in [-0.05, 0) is 19.9 Å². The van der Waals surface area contributed by atoms with Crippen LogP contribution in [0.1, 0.15) is 33.6 Å². The normalized spacial score (nSPS) is 33.0. The largest absolute Gasteiger partial charge is 0.378 e. The predicted molar refractivity (Wildman–Crippen MR) is 51.3 cm³/mol. The van der Waals surface area contributed by atoms with Crippen LogP contribution in [0.15, 0.2) is 0 Å². The fraction of sp³-hybridized carbons (Fsp3) is 1.00. The maximum atomic E-state index is 5.73. The Bertz CT molecular complexity index is 143. The van der Waals surface area contributed by atoms with E-state index in [1.165, 1.54) is 6.42 Å². The molecular formula is C10H21NO. The van der Waals surface area contributed by atoms with E-state index < -0.39 is 0 Å². The van der Waals surface area contributed by atoms with Crippen LogP contribution in [-0.2, 0) is 4.74 Å². The molecular weight excluding hydrogens is 150 g/mol. The molecule has 1 aliphatic rings. The lowest BCUT2D eigenvalue weighted by atomic mass is 9.64. The van der Waals surface area contributed by atoms with E-state index >= 15 is 0 Å². The van der Waals surface area contributed by atoms with Crippen molar-refractivity contribution >= 4 is 0 Å². The average Bonchev–Trinajstić information content (AvgIpc) is 2.03. The van der Waals surface area contributed by atoms with Gasteiger partial charge in [0.05, 0.1) is 6.10 Å². The van der Waals surface area contributed by atoms with Crippen LogP contribution in [0.2, 0.25) is 0 Å². The summed E-state index contributed by atoms with van der Waals surface area (Å²) < 4.78 is 5.73. The summed E-state index contributed by atoms with van der Waals surface area (Å²) in [4.78, 5) is 0. The molecule has 0 amide bonds. The van der Waals surface area contributed by atoms with E-state index in [-0.39, 0.29) is 0 Å². The van der Waals surface area contributed by atoms with Gasteiger partial charge in [-0.25, -0.2) is 0 Å². The molecule has 1 saturated carbocycles. The number of nitrogens with one attached hydrogen (secondary N) is 1. The molecule has 1 fully saturated rings. The average molecular weight is 171 g/mol. The number of hydrogen-bond donors (Lipinski definition) is 1. The van der Waals surface area contributed by atoms with Crippen molar-refractivity contribution in [3.63, 3.8) is 0 Å². The molecule has 0 saturated heterocycles. The van der Waals surface area contributed by atoms with Crippen LogP contribution in [0.25, 0.3) is 0 Å². The van der Waals surface area contributed by atoms with Gasteiger partial charge < -0.3 is 10.1 Å². The lowest BCUT2D eigenvalue weighted by Gasteiger charge is -2.51. The lowest BCUT2D eigenvalue weighted by Crippen LogP contribution is -2.60. The zero-order chi connectivity index (χ0) is 9.19. The molecule has 0 aromatic carbocycles. The molecule has 1 N–H and O–H groups in total. The molecule has 2 atom stereocenters. The Labute approximate surface area is 75.7 Å². The summed E-state index contributed by atoms with van der Waals surface area (Å²) in [7, 11) is 2.03. The first-order chi connectivity index (χ1) is 5.62. The Hall–Kier alpha value is -0.0800. The van der Waals surface area contributed by atoms with E-state index in [0.29, 0.717) is 17.6 Å². The van der Waals surface area contributed by atoms with Crippen LogP contribution < -0.4 is 5.32 Å². The van der Waals surface area contributed by atoms with Gasteiger partial charge in [0.15, 0.2) is 0 Å². The topological polar surface area (TPSA) is 21.3 Å². The van der Waals surface area contributed by atoms with Crippen LogP contribution in [-0.4, -0.2) is 25.8 Å². The van der Waals surface area contributed by atoms with Gasteiger partial charge in [0.2, 0.25) is 0 Å². The van der Waals surface area contributed by atoms with E-state index in [1.54, 1.807) is 0 Å². The molecule has 0 aromatic heterocycles. The van der Waals surface area contributed by atoms with Gasteiger partial charge in [-0.2, -0.15) is 0 Å². The molecule has 0 bridgehead atoms. The minimum Gasteiger partial charge on any atom is -0.378 e. The smallest absolute Gasteiger partial charge is 0.0655 e. The van der Waals surface area contributed by atoms with Crippen molar-refractivity contribution in [1.82, 2.24) is 5.32 Å². The second kappa shape index (κ2) is 3.75. The van der Waals surface area contributed by atoms with Gasteiger partial charge >= 0.3 is 0 Å². The van der Waals surface area contributed by atoms with Gasteiger partial charge in [-0.15, -0.1) is 0 Å². The highest BCUT2D eigenvalue weighted by molar-refractivity contribution is 5.02. The standard InChI is InChI=1S/C10H21NO/c1-5-6-12-9-7-8(11-4)10(9,2)3/h8-9,11H,5-7H2,1-4H3. The monoisotopic (exact) mass is 171 g/mol. The maximum absolute atomic E-state index is 5.73. The van der Waals surface area contributed by atoms with Gasteiger partial charge in [-0.3, -0.25) is 0 Å². The van der Waals surface area contributed by atoms with Crippen molar-refractivity contribution in [3.05, 3.63) is 0 Å². The third-order valence-corrected chi connectivity index (χ3v) is 3.05. The van der Waals surface area contributed by atoms with E-state index in [4.69, 9.17) is 4.74 Å². The molecule has 1 aliphatic carbocycles. The Morgan fingerprint density at radius 2 is 2.17 bits per heavy atom. The first-order valence-corrected chi connectivity index (χ1v) is 4.91. The van der Waals surface area contributed by atoms with Gasteiger partial charge in [0.25, 0.3) is 0 Å². The second-order valence-corrected chi connectivity index (χ2v) is 4.26. The first kappa shape index (κ1) is 10.0. The van der Waals surface area contributed by atoms with Crippen molar-refractivity contribution < 1.29 is 4.74 Å². The molecule has 1 rings (SSSR count). The SMILES string of the molecule is CCCOC1CC(NC)C1(C)C. The van der Waals surface area contributed by atoms with Crippen LogP contribution in [0, 0.1) is 5.41 Å². The zero-order valence-corrected chi connectivity index (χ0v) is 8.68. The zero-order valence-electron chi connectivity index (χ0n) is 8.68. The summed E-state index contributed by atoms with van der Waals surface area (Å²) in [6, 6.07) is 0.638. The van der Waals surface area contributed by atoms with Gasteiger partial charge in [0.1, 0.15) is 0 Å². The highest BCUT2D eigenvalue weighted by Crippen LogP contribution is 2.42. The van der Waals surface area contributed by atoms with Crippen molar-refractivity contribution in [2.24, 2.45) is 5.41 Å². The van der Waals surface area contributed by atoms with Gasteiger partial charge in [-0.1, -0.05) is 20.8 Å². The highest BCUT2D eigenvalue weighted by Gasteiger charge is 2.47. The van der Waals surface area contributed by atoms with Crippen molar-refractivity contribution in [2.75, 3.05) is 13.7 Å². The Morgan fingerprint density at radius 1 is 1.50 bits per heavy atom. The van der Waals surface area contributed by atoms with E-state index in [0.717, 1.165) is 13.0 Å². The fourth-order valence-electron chi connectivity index (χ4n) is 1.92. The van der Waals surface area contributed by atoms with Crippen molar-refractivity contribution in [1.29, 1.82) is 0 Å². The summed E-state index contributed by atoms with van der Waals surface area (Å²) >= 11 is 0. The lowest BCUT2D eigenvalue weighted by molar-refractivity contribution is -0.115. The summed E-state index contributed by atoms with van der Waals surface area (Å²) in [5, 5.41) is 3.32. The predicted octanol–water partition coefficient (Wildman–Crippen LogP) is 1.80. The van der Waals surface area contributed by atoms with E-state index in [2.05, 4.69) is 26.1 Å². The molecule has 72 valence electrons. The summed E-state index contributed by atoms with van der Waals surface area (Å²) in [6.07, 6.45) is 2.76. The van der Waals surface area contributed by atoms with Crippen molar-refractivity contribution in [3.8, 4) is 0 Å². The Balaban J connectivity index is 2.32. The highest BCUT2D eigenvalue weighted by atomic mass is 16.5. The maximum Gasteiger partial charge on any atom is 0.0655 e. The molecule has 2 unspecified atom stereocenters. The van der Waals surface area contributed by atoms with Crippen molar-refractivity contribution in [2.45, 2.75) is 45.8 Å². The molecule has 0 aromatic rings. The van der Waals surface area contributed by atoms with Crippen LogP contribution in [0.4, 0.5) is 0 Å². The number of hydrogen-bond acceptors (Lipinski definition) is 2. The number of rotatable bonds is 4. The summed E-state index contributed by atoms with van der Waals surface area (Å²) in [6.45, 7) is 7.61. The van der Waals surface area contributed by atoms with Crippen LogP contribution in [0.5, 0.6) is 0 Å². The van der Waals surface area contributed by atoms with E-state index in [9.17, 15) is 0 Å². The third-order valence-electron chi connectivity index (χ3n) is 3.05. The Kier molecular flexibility index (Phi) is 3.13. The molecule has 12 heavy (non-hydrogen) atoms. The third kappa shape index (κ3) is 1.64. The Morgan fingerprint density at radius 3 is 2.58 bits per heavy atom. The minimum absolute atomic E-state index is 0.323. The first-order valence-electron chi connectivity index (χ1n) is 4.91.